The zero-order valence-electron chi connectivity index (χ0n) is 9.90. The van der Waals surface area contributed by atoms with E-state index in [1.54, 1.807) is 6.92 Å². The molecule has 9 heteroatoms. The molecule has 0 aliphatic heterocycles. The molecule has 1 aromatic rings. The molecule has 5 nitrogen and oxygen atoms in total. The molecule has 0 saturated heterocycles. The molecule has 0 aliphatic carbocycles. The maximum absolute atomic E-state index is 11.7. The molecule has 0 radical (unpaired) electrons. The number of primary sulfonamides is 1. The SMILES string of the molecule is Cc1cc(S(N)(=O)=O)ccc1OCCOC(F)(F)F. The minimum Gasteiger partial charge on any atom is -0.491 e. The predicted molar refractivity (Wildman–Crippen MR) is 60.1 cm³/mol. The van der Waals surface area contributed by atoms with Gasteiger partial charge in [-0.25, -0.2) is 13.6 Å². The van der Waals surface area contributed by atoms with Crippen molar-refractivity contribution >= 4 is 10.0 Å². The third-order valence-corrected chi connectivity index (χ3v) is 2.99. The molecule has 0 saturated carbocycles. The summed E-state index contributed by atoms with van der Waals surface area (Å²) < 4.78 is 65.7. The van der Waals surface area contributed by atoms with Gasteiger partial charge in [-0.3, -0.25) is 4.74 Å². The lowest BCUT2D eigenvalue weighted by molar-refractivity contribution is -0.325. The number of halogens is 3. The van der Waals surface area contributed by atoms with Crippen molar-refractivity contribution in [2.24, 2.45) is 5.14 Å². The summed E-state index contributed by atoms with van der Waals surface area (Å²) in [7, 11) is -3.82. The minimum absolute atomic E-state index is 0.0936. The summed E-state index contributed by atoms with van der Waals surface area (Å²) in [6.07, 6.45) is -4.70. The molecule has 0 aromatic heterocycles. The van der Waals surface area contributed by atoms with Crippen LogP contribution in [0.15, 0.2) is 23.1 Å². The topological polar surface area (TPSA) is 78.6 Å². The lowest BCUT2D eigenvalue weighted by atomic mass is 10.2. The Morgan fingerprint density at radius 3 is 2.37 bits per heavy atom. The van der Waals surface area contributed by atoms with Crippen molar-refractivity contribution in [3.8, 4) is 5.75 Å². The van der Waals surface area contributed by atoms with Crippen LogP contribution in [0.25, 0.3) is 0 Å². The van der Waals surface area contributed by atoms with Gasteiger partial charge in [-0.05, 0) is 30.7 Å². The normalized spacial score (nSPS) is 12.5. The Hall–Kier alpha value is -1.32. The molecule has 0 bridgehead atoms. The molecule has 0 unspecified atom stereocenters. The Morgan fingerprint density at radius 2 is 1.89 bits per heavy atom. The van der Waals surface area contributed by atoms with Crippen LogP contribution < -0.4 is 9.88 Å². The molecule has 0 atom stereocenters. The van der Waals surface area contributed by atoms with Crippen molar-refractivity contribution in [2.75, 3.05) is 13.2 Å². The molecule has 0 heterocycles. The first-order valence-corrected chi connectivity index (χ1v) is 6.61. The zero-order chi connectivity index (χ0) is 14.7. The molecule has 1 aromatic carbocycles. The lowest BCUT2D eigenvalue weighted by Gasteiger charge is -2.11. The standard InChI is InChI=1S/C10H12F3NO4S/c1-7-6-8(19(14,15)16)2-3-9(7)17-4-5-18-10(11,12)13/h2-3,6H,4-5H2,1H3,(H2,14,15,16). The largest absolute Gasteiger partial charge is 0.522 e. The van der Waals surface area contributed by atoms with Crippen molar-refractivity contribution in [1.82, 2.24) is 0 Å². The lowest BCUT2D eigenvalue weighted by Crippen LogP contribution is -2.18. The number of benzene rings is 1. The van der Waals surface area contributed by atoms with E-state index in [1.807, 2.05) is 0 Å². The van der Waals surface area contributed by atoms with Crippen LogP contribution in [0.1, 0.15) is 5.56 Å². The van der Waals surface area contributed by atoms with Crippen molar-refractivity contribution in [3.63, 3.8) is 0 Å². The average Bonchev–Trinajstić information content (AvgIpc) is 2.23. The number of hydrogen-bond donors (Lipinski definition) is 1. The van der Waals surface area contributed by atoms with E-state index >= 15 is 0 Å². The number of aryl methyl sites for hydroxylation is 1. The van der Waals surface area contributed by atoms with E-state index in [-0.39, 0.29) is 17.3 Å². The van der Waals surface area contributed by atoms with Gasteiger partial charge in [-0.1, -0.05) is 0 Å². The Labute approximate surface area is 108 Å². The van der Waals surface area contributed by atoms with E-state index in [4.69, 9.17) is 9.88 Å². The van der Waals surface area contributed by atoms with E-state index in [0.29, 0.717) is 5.56 Å². The third-order valence-electron chi connectivity index (χ3n) is 2.08. The fourth-order valence-electron chi connectivity index (χ4n) is 1.27. The number of sulfonamides is 1. The molecule has 0 amide bonds. The fraction of sp³-hybridized carbons (Fsp3) is 0.400. The van der Waals surface area contributed by atoms with E-state index in [2.05, 4.69) is 4.74 Å². The van der Waals surface area contributed by atoms with Crippen molar-refractivity contribution < 1.29 is 31.1 Å². The first kappa shape index (κ1) is 15.7. The van der Waals surface area contributed by atoms with Crippen LogP contribution in [0.2, 0.25) is 0 Å². The summed E-state index contributed by atoms with van der Waals surface area (Å²) in [6.45, 7) is 0.587. The summed E-state index contributed by atoms with van der Waals surface area (Å²) in [5.41, 5.74) is 0.443. The molecular weight excluding hydrogens is 287 g/mol. The van der Waals surface area contributed by atoms with Gasteiger partial charge in [0.2, 0.25) is 10.0 Å². The maximum Gasteiger partial charge on any atom is 0.522 e. The Balaban J connectivity index is 2.61. The van der Waals surface area contributed by atoms with Crippen LogP contribution >= 0.6 is 0 Å². The minimum atomic E-state index is -4.70. The predicted octanol–water partition coefficient (Wildman–Crippen LogP) is 1.56. The second-order valence-corrected chi connectivity index (χ2v) is 5.18. The first-order valence-electron chi connectivity index (χ1n) is 5.06. The molecule has 0 aliphatic rings. The van der Waals surface area contributed by atoms with Gasteiger partial charge in [0.25, 0.3) is 0 Å². The van der Waals surface area contributed by atoms with Crippen molar-refractivity contribution in [3.05, 3.63) is 23.8 Å². The second kappa shape index (κ2) is 5.76. The van der Waals surface area contributed by atoms with Gasteiger partial charge in [0, 0.05) is 0 Å². The first-order chi connectivity index (χ1) is 8.59. The highest BCUT2D eigenvalue weighted by atomic mass is 32.2. The van der Waals surface area contributed by atoms with E-state index in [1.165, 1.54) is 18.2 Å². The summed E-state index contributed by atoms with van der Waals surface area (Å²) in [5.74, 6) is 0.262. The molecular formula is C10H12F3NO4S. The van der Waals surface area contributed by atoms with Crippen LogP contribution in [0.4, 0.5) is 13.2 Å². The average molecular weight is 299 g/mol. The van der Waals surface area contributed by atoms with E-state index in [9.17, 15) is 21.6 Å². The van der Waals surface area contributed by atoms with Crippen molar-refractivity contribution in [1.29, 1.82) is 0 Å². The van der Waals surface area contributed by atoms with Gasteiger partial charge in [0.1, 0.15) is 12.4 Å². The number of rotatable bonds is 5. The van der Waals surface area contributed by atoms with Gasteiger partial charge in [-0.15, -0.1) is 13.2 Å². The smallest absolute Gasteiger partial charge is 0.491 e. The Morgan fingerprint density at radius 1 is 1.26 bits per heavy atom. The highest BCUT2D eigenvalue weighted by molar-refractivity contribution is 7.89. The molecule has 0 spiro atoms. The molecule has 108 valence electrons. The highest BCUT2D eigenvalue weighted by Gasteiger charge is 2.28. The highest BCUT2D eigenvalue weighted by Crippen LogP contribution is 2.21. The Bertz CT molecular complexity index is 542. The summed E-state index contributed by atoms with van der Waals surface area (Å²) in [6, 6.07) is 3.81. The van der Waals surface area contributed by atoms with Crippen molar-refractivity contribution in [2.45, 2.75) is 18.2 Å². The molecule has 19 heavy (non-hydrogen) atoms. The monoisotopic (exact) mass is 299 g/mol. The number of nitrogens with two attached hydrogens (primary N) is 1. The zero-order valence-corrected chi connectivity index (χ0v) is 10.7. The third kappa shape index (κ3) is 5.45. The van der Waals surface area contributed by atoms with Gasteiger partial charge in [0.05, 0.1) is 11.5 Å². The quantitative estimate of drug-likeness (QED) is 0.837. The van der Waals surface area contributed by atoms with Gasteiger partial charge in [0.15, 0.2) is 0 Å². The van der Waals surface area contributed by atoms with Crippen LogP contribution in [0.3, 0.4) is 0 Å². The number of alkyl halides is 3. The van der Waals surface area contributed by atoms with Gasteiger partial charge >= 0.3 is 6.36 Å². The van der Waals surface area contributed by atoms with Crippen LogP contribution in [-0.2, 0) is 14.8 Å². The van der Waals surface area contributed by atoms with Gasteiger partial charge < -0.3 is 4.74 Å². The molecule has 0 fully saturated rings. The maximum atomic E-state index is 11.7. The summed E-state index contributed by atoms with van der Waals surface area (Å²) >= 11 is 0. The Kier molecular flexibility index (Phi) is 4.77. The summed E-state index contributed by atoms with van der Waals surface area (Å²) in [4.78, 5) is -0.0936. The van der Waals surface area contributed by atoms with E-state index < -0.39 is 23.0 Å². The fourth-order valence-corrected chi connectivity index (χ4v) is 1.87. The van der Waals surface area contributed by atoms with Crippen LogP contribution in [0.5, 0.6) is 5.75 Å². The molecule has 2 N–H and O–H groups in total. The van der Waals surface area contributed by atoms with Crippen LogP contribution in [-0.4, -0.2) is 28.0 Å². The summed E-state index contributed by atoms with van der Waals surface area (Å²) in [5, 5.41) is 4.93. The second-order valence-electron chi connectivity index (χ2n) is 3.61. The van der Waals surface area contributed by atoms with E-state index in [0.717, 1.165) is 0 Å². The number of hydrogen-bond acceptors (Lipinski definition) is 4. The van der Waals surface area contributed by atoms with Gasteiger partial charge in [-0.2, -0.15) is 0 Å². The molecule has 1 rings (SSSR count). The number of ether oxygens (including phenoxy) is 2. The van der Waals surface area contributed by atoms with Crippen LogP contribution in [0, 0.1) is 6.92 Å².